The van der Waals surface area contributed by atoms with E-state index in [0.717, 1.165) is 4.90 Å². The highest BCUT2D eigenvalue weighted by atomic mass is 32.2. The van der Waals surface area contributed by atoms with Crippen molar-refractivity contribution in [1.29, 1.82) is 0 Å². The number of aliphatic carboxylic acids is 1. The maximum absolute atomic E-state index is 12.3. The zero-order valence-electron chi connectivity index (χ0n) is 13.0. The molecule has 2 rings (SSSR count). The first kappa shape index (κ1) is 17.5. The molecule has 4 N–H and O–H groups in total. The van der Waals surface area contributed by atoms with Gasteiger partial charge >= 0.3 is 6.03 Å². The van der Waals surface area contributed by atoms with E-state index < -0.39 is 28.8 Å². The number of likely N-dealkylation sites (N-methyl/N-ethyl adjacent to an activating group) is 1. The molecule has 0 aliphatic carbocycles. The maximum atomic E-state index is 12.3. The first-order chi connectivity index (χ1) is 10.7. The van der Waals surface area contributed by atoms with Crippen molar-refractivity contribution in [2.24, 2.45) is 11.5 Å². The summed E-state index contributed by atoms with van der Waals surface area (Å²) in [6.45, 7) is 2.65. The van der Waals surface area contributed by atoms with Crippen molar-refractivity contribution in [3.8, 4) is 0 Å². The molecule has 3 amide bonds. The summed E-state index contributed by atoms with van der Waals surface area (Å²) in [6.07, 6.45) is 4.63. The summed E-state index contributed by atoms with van der Waals surface area (Å²) in [7, 11) is 1.69. The molecule has 1 unspecified atom stereocenters. The Morgan fingerprint density at radius 2 is 2.26 bits per heavy atom. The molecule has 0 aromatic rings. The van der Waals surface area contributed by atoms with Crippen LogP contribution in [-0.2, 0) is 9.59 Å². The van der Waals surface area contributed by atoms with Gasteiger partial charge in [0.1, 0.15) is 17.5 Å². The minimum atomic E-state index is -1.39. The van der Waals surface area contributed by atoms with Crippen LogP contribution >= 0.6 is 11.8 Å². The Morgan fingerprint density at radius 3 is 2.78 bits per heavy atom. The number of fused-ring (bicyclic) bond motifs is 1. The number of urea groups is 1. The third-order valence-corrected chi connectivity index (χ3v) is 5.64. The monoisotopic (exact) mass is 340 g/mol. The third-order valence-electron chi connectivity index (χ3n) is 4.36. The number of primary amides is 1. The van der Waals surface area contributed by atoms with Crippen molar-refractivity contribution in [2.75, 3.05) is 25.9 Å². The molecule has 2 heterocycles. The third kappa shape index (κ3) is 2.75. The Kier molecular flexibility index (Phi) is 4.56. The van der Waals surface area contributed by atoms with Gasteiger partial charge in [-0.25, -0.2) is 9.28 Å². The molecule has 0 saturated carbocycles. The average molecular weight is 340 g/mol. The van der Waals surface area contributed by atoms with Crippen LogP contribution in [-0.4, -0.2) is 64.1 Å². The van der Waals surface area contributed by atoms with Crippen LogP contribution < -0.4 is 16.6 Å². The summed E-state index contributed by atoms with van der Waals surface area (Å²) in [4.78, 5) is 36.0. The van der Waals surface area contributed by atoms with E-state index in [9.17, 15) is 19.5 Å². The van der Waals surface area contributed by atoms with Gasteiger partial charge in [0, 0.05) is 5.75 Å². The molecule has 1 fully saturated rings. The lowest BCUT2D eigenvalue weighted by molar-refractivity contribution is -0.820. The number of nitrogens with two attached hydrogens (primary N) is 2. The quantitative estimate of drug-likeness (QED) is 0.350. The summed E-state index contributed by atoms with van der Waals surface area (Å²) in [5, 5.41) is 10.6. The number of carbonyl (C=O) groups is 3. The summed E-state index contributed by atoms with van der Waals surface area (Å²) < 4.78 is -0.00745. The smallest absolute Gasteiger partial charge is 0.414 e. The molecular formula is C14H20N4O4S. The molecule has 0 radical (unpaired) electrons. The first-order valence-corrected chi connectivity index (χ1v) is 8.20. The maximum Gasteiger partial charge on any atom is 0.414 e. The van der Waals surface area contributed by atoms with Crippen molar-refractivity contribution in [1.82, 2.24) is 4.90 Å². The number of amides is 3. The van der Waals surface area contributed by atoms with E-state index in [1.165, 1.54) is 23.9 Å². The molecule has 0 bridgehead atoms. The highest BCUT2D eigenvalue weighted by Crippen LogP contribution is 2.43. The molecule has 0 aromatic carbocycles. The first-order valence-electron chi connectivity index (χ1n) is 7.15. The molecular weight excluding hydrogens is 320 g/mol. The van der Waals surface area contributed by atoms with E-state index in [-0.39, 0.29) is 10.2 Å². The lowest BCUT2D eigenvalue weighted by Crippen LogP contribution is -2.77. The molecule has 3 atom stereocenters. The van der Waals surface area contributed by atoms with Crippen molar-refractivity contribution < 1.29 is 24.0 Å². The minimum Gasteiger partial charge on any atom is -0.543 e. The fourth-order valence-electron chi connectivity index (χ4n) is 2.52. The van der Waals surface area contributed by atoms with Gasteiger partial charge in [-0.2, -0.15) is 0 Å². The normalized spacial score (nSPS) is 29.5. The fourth-order valence-corrected chi connectivity index (χ4v) is 3.77. The number of thioether (sulfide) groups is 1. The summed E-state index contributed by atoms with van der Waals surface area (Å²) in [5.74, 6) is -1.45. The predicted octanol–water partition coefficient (Wildman–Crippen LogP) is -1.67. The van der Waals surface area contributed by atoms with E-state index in [1.807, 2.05) is 6.92 Å². The highest BCUT2D eigenvalue weighted by molar-refractivity contribution is 8.00. The number of β-lactam (4-membered cyclic amide) rings is 1. The molecule has 0 spiro atoms. The Morgan fingerprint density at radius 1 is 1.61 bits per heavy atom. The zero-order valence-corrected chi connectivity index (χ0v) is 13.8. The number of hydrogen-bond donors (Lipinski definition) is 2. The number of carboxylic acid groups (broad SMARTS) is 1. The van der Waals surface area contributed by atoms with Gasteiger partial charge < -0.3 is 21.4 Å². The van der Waals surface area contributed by atoms with Gasteiger partial charge in [0.05, 0.1) is 25.3 Å². The van der Waals surface area contributed by atoms with Crippen LogP contribution in [0, 0.1) is 0 Å². The molecule has 126 valence electrons. The van der Waals surface area contributed by atoms with Gasteiger partial charge in [-0.05, 0) is 19.1 Å². The average Bonchev–Trinajstić information content (AvgIpc) is 2.52. The zero-order chi connectivity index (χ0) is 17.4. The Hall–Kier alpha value is -1.84. The number of carbonyl (C=O) groups excluding carboxylic acids is 3. The number of quaternary nitrogens is 1. The standard InChI is InChI=1S/C14H20N4O4S/c1-3-18(2,13(15)22)7-4-6-14(16)11(21)17-9(10(19)20)5-8-23-12(14)17/h4-6,12H,3,7-8,16H2,1-2H3,(H2-,15,19,20,22)/b6-4+/t12-,14+,18?/m0/s1. The second kappa shape index (κ2) is 5.99. The van der Waals surface area contributed by atoms with Crippen molar-refractivity contribution >= 4 is 29.7 Å². The number of nitrogens with zero attached hydrogens (tertiary/aromatic N) is 2. The van der Waals surface area contributed by atoms with E-state index >= 15 is 0 Å². The highest BCUT2D eigenvalue weighted by Gasteiger charge is 2.59. The van der Waals surface area contributed by atoms with Crippen molar-refractivity contribution in [2.45, 2.75) is 17.8 Å². The lowest BCUT2D eigenvalue weighted by atomic mass is 9.87. The van der Waals surface area contributed by atoms with Crippen molar-refractivity contribution in [3.63, 3.8) is 0 Å². The fraction of sp³-hybridized carbons (Fsp3) is 0.500. The second-order valence-corrected chi connectivity index (χ2v) is 6.92. The molecule has 23 heavy (non-hydrogen) atoms. The predicted molar refractivity (Wildman–Crippen MR) is 83.4 cm³/mol. The van der Waals surface area contributed by atoms with E-state index in [0.29, 0.717) is 18.8 Å². The van der Waals surface area contributed by atoms with Crippen LogP contribution in [0.15, 0.2) is 23.9 Å². The number of hydrogen-bond acceptors (Lipinski definition) is 6. The van der Waals surface area contributed by atoms with Crippen LogP contribution in [0.4, 0.5) is 4.79 Å². The van der Waals surface area contributed by atoms with Gasteiger partial charge in [-0.3, -0.25) is 9.69 Å². The molecule has 2 aliphatic rings. The molecule has 0 aromatic heterocycles. The van der Waals surface area contributed by atoms with Gasteiger partial charge in [0.15, 0.2) is 0 Å². The van der Waals surface area contributed by atoms with Crippen LogP contribution in [0.2, 0.25) is 0 Å². The van der Waals surface area contributed by atoms with E-state index in [4.69, 9.17) is 11.5 Å². The lowest BCUT2D eigenvalue weighted by Gasteiger charge is -2.54. The van der Waals surface area contributed by atoms with Crippen LogP contribution in [0.5, 0.6) is 0 Å². The molecule has 8 nitrogen and oxygen atoms in total. The second-order valence-electron chi connectivity index (χ2n) is 5.81. The van der Waals surface area contributed by atoms with Gasteiger partial charge in [-0.1, -0.05) is 6.08 Å². The van der Waals surface area contributed by atoms with E-state index in [2.05, 4.69) is 0 Å². The molecule has 2 aliphatic heterocycles. The largest absolute Gasteiger partial charge is 0.543 e. The van der Waals surface area contributed by atoms with Crippen LogP contribution in [0.1, 0.15) is 6.92 Å². The summed E-state index contributed by atoms with van der Waals surface area (Å²) in [6, 6.07) is -0.473. The van der Waals surface area contributed by atoms with Crippen LogP contribution in [0.25, 0.3) is 0 Å². The van der Waals surface area contributed by atoms with E-state index in [1.54, 1.807) is 13.1 Å². The summed E-state index contributed by atoms with van der Waals surface area (Å²) >= 11 is 1.38. The topological polar surface area (TPSA) is 130 Å². The SMILES string of the molecule is CC[N+](C)(C/C=C/[C@@]1(N)C(=O)N2C(C(=O)[O-])=CCS[C@H]21)C(N)=O. The van der Waals surface area contributed by atoms with Gasteiger partial charge in [0.25, 0.3) is 5.91 Å². The molecule has 1 saturated heterocycles. The van der Waals surface area contributed by atoms with Gasteiger partial charge in [-0.15, -0.1) is 11.8 Å². The van der Waals surface area contributed by atoms with Crippen molar-refractivity contribution in [3.05, 3.63) is 23.9 Å². The number of carboxylic acids is 1. The van der Waals surface area contributed by atoms with Crippen LogP contribution in [0.3, 0.4) is 0 Å². The minimum absolute atomic E-state index is 0.00745. The van der Waals surface area contributed by atoms with Gasteiger partial charge in [0.2, 0.25) is 0 Å². The Bertz CT molecular complexity index is 620. The number of rotatable bonds is 5. The summed E-state index contributed by atoms with van der Waals surface area (Å²) in [5.41, 5.74) is 10.1. The Balaban J connectivity index is 2.14. The molecule has 9 heteroatoms. The Labute approximate surface area is 138 Å².